The minimum atomic E-state index is -0.698. The van der Waals surface area contributed by atoms with Gasteiger partial charge >= 0.3 is 35.8 Å². The highest BCUT2D eigenvalue weighted by Crippen LogP contribution is 2.17. The van der Waals surface area contributed by atoms with Crippen LogP contribution >= 0.6 is 0 Å². The fourth-order valence-corrected chi connectivity index (χ4v) is 7.82. The molecule has 0 N–H and O–H groups in total. The van der Waals surface area contributed by atoms with E-state index in [9.17, 15) is 33.6 Å². The summed E-state index contributed by atoms with van der Waals surface area (Å²) in [6.07, 6.45) is 38.1. The van der Waals surface area contributed by atoms with Crippen LogP contribution in [0.2, 0.25) is 0 Å². The van der Waals surface area contributed by atoms with Crippen LogP contribution < -0.4 is 0 Å². The van der Waals surface area contributed by atoms with E-state index in [4.69, 9.17) is 28.4 Å². The second-order valence-electron chi connectivity index (χ2n) is 22.8. The normalized spacial score (nSPS) is 12.1. The van der Waals surface area contributed by atoms with E-state index in [-0.39, 0.29) is 77.5 Å². The van der Waals surface area contributed by atoms with Crippen molar-refractivity contribution in [2.75, 3.05) is 65.7 Å². The number of Topliss-reactive ketones (excluding diaryl/α,β-unsaturated/α-hetero) is 1. The van der Waals surface area contributed by atoms with Crippen LogP contribution in [0.3, 0.4) is 0 Å². The van der Waals surface area contributed by atoms with E-state index in [0.29, 0.717) is 18.6 Å². The molecule has 0 saturated heterocycles. The molecule has 0 saturated carbocycles. The fraction of sp³-hybridized carbons (Fsp3) is 0.819. The summed E-state index contributed by atoms with van der Waals surface area (Å²) in [5.41, 5.74) is 0. The van der Waals surface area contributed by atoms with Crippen LogP contribution in [0.5, 0.6) is 0 Å². The van der Waals surface area contributed by atoms with Gasteiger partial charge in [0.1, 0.15) is 18.0 Å². The molecule has 0 aromatic carbocycles. The third-order valence-corrected chi connectivity index (χ3v) is 14.1. The van der Waals surface area contributed by atoms with Crippen LogP contribution in [-0.2, 0) is 62.0 Å². The average molecular weight is 1240 g/mol. The summed E-state index contributed by atoms with van der Waals surface area (Å²) < 4.78 is 33.7. The molecule has 15 heteroatoms. The minimum absolute atomic E-state index is 0.176. The smallest absolute Gasteiger partial charge is 0.320 e. The zero-order valence-electron chi connectivity index (χ0n) is 58.9. The molecule has 0 rings (SSSR count). The molecule has 87 heavy (non-hydrogen) atoms. The molecule has 0 spiro atoms. The van der Waals surface area contributed by atoms with Gasteiger partial charge in [-0.05, 0) is 90.7 Å². The van der Waals surface area contributed by atoms with Crippen molar-refractivity contribution in [2.24, 2.45) is 11.8 Å². The maximum absolute atomic E-state index is 13.6. The average Bonchev–Trinajstić information content (AvgIpc) is 3.68. The maximum Gasteiger partial charge on any atom is 0.320 e. The van der Waals surface area contributed by atoms with Gasteiger partial charge in [-0.3, -0.25) is 43.4 Å². The number of ketones is 1. The summed E-state index contributed by atoms with van der Waals surface area (Å²) in [5, 5.41) is 0. The zero-order chi connectivity index (χ0) is 66.6. The number of esters is 6. The van der Waals surface area contributed by atoms with E-state index in [1.807, 2.05) is 67.5 Å². The number of rotatable bonds is 51. The van der Waals surface area contributed by atoms with Crippen molar-refractivity contribution < 1.29 is 62.0 Å². The first-order valence-corrected chi connectivity index (χ1v) is 34.6. The molecule has 0 aliphatic heterocycles. The monoisotopic (exact) mass is 1240 g/mol. The van der Waals surface area contributed by atoms with Crippen molar-refractivity contribution in [3.63, 3.8) is 0 Å². The van der Waals surface area contributed by atoms with Gasteiger partial charge in [-0.25, -0.2) is 0 Å². The first-order chi connectivity index (χ1) is 41.8. The van der Waals surface area contributed by atoms with E-state index in [2.05, 4.69) is 48.1 Å². The number of unbranched alkanes of at least 4 members (excludes halogenated alkanes) is 21. The summed E-state index contributed by atoms with van der Waals surface area (Å²) in [6, 6.07) is 0. The predicted molar refractivity (Wildman–Crippen MR) is 361 cm³/mol. The largest absolute Gasteiger partial charge is 0.465 e. The summed E-state index contributed by atoms with van der Waals surface area (Å²) >= 11 is 0. The van der Waals surface area contributed by atoms with Gasteiger partial charge in [0.25, 0.3) is 0 Å². The standard InChI is InChI=1S/C55H100N2O12.C6H12O.C4H10.C4H8.C3H6/c1-8-14-18-22-26-30-36-64-50(58)41-56(42-51(59)65-37-31-27-23-19-15-9-2)45-54(62)68-48(13-6)34-35-49(40-47(7)12-5)69-55(63)46-57(43-52(60)66-38-32-28-24-20-16-10-3)44-53(61)67-39-33-29-25-21-17-11-4;1-4-5(2)6(3)7;2*1-3-4-2;1-3-2/h34-35,47-49H,8-33,36-46H2,1-7H3;5H,4H2,1-3H3;3-4H2,1-2H3;3-4H,1-2H3;3H,1H2,2H3/b35-34-;;;4-3-;. The molecule has 0 aliphatic rings. The van der Waals surface area contributed by atoms with Crippen LogP contribution in [0.1, 0.15) is 296 Å². The minimum Gasteiger partial charge on any atom is -0.465 e. The van der Waals surface area contributed by atoms with Crippen LogP contribution in [0, 0.1) is 11.8 Å². The lowest BCUT2D eigenvalue weighted by Crippen LogP contribution is -2.41. The van der Waals surface area contributed by atoms with E-state index in [1.165, 1.54) is 48.3 Å². The Bertz CT molecular complexity index is 1600. The Morgan fingerprint density at radius 3 is 0.862 bits per heavy atom. The third-order valence-electron chi connectivity index (χ3n) is 14.1. The number of carbonyl (C=O) groups is 7. The van der Waals surface area contributed by atoms with Gasteiger partial charge < -0.3 is 28.4 Å². The van der Waals surface area contributed by atoms with Gasteiger partial charge in [-0.1, -0.05) is 242 Å². The van der Waals surface area contributed by atoms with Crippen molar-refractivity contribution >= 4 is 41.6 Å². The van der Waals surface area contributed by atoms with Crippen LogP contribution in [0.4, 0.5) is 0 Å². The summed E-state index contributed by atoms with van der Waals surface area (Å²) in [7, 11) is 0. The number of ether oxygens (including phenoxy) is 6. The quantitative estimate of drug-likeness (QED) is 0.0243. The lowest BCUT2D eigenvalue weighted by molar-refractivity contribution is -0.156. The van der Waals surface area contributed by atoms with Gasteiger partial charge in [0.05, 0.1) is 65.7 Å². The highest BCUT2D eigenvalue weighted by atomic mass is 16.6. The Kier molecular flexibility index (Phi) is 76.0. The van der Waals surface area contributed by atoms with Crippen molar-refractivity contribution in [1.82, 2.24) is 9.80 Å². The molecule has 0 radical (unpaired) electrons. The van der Waals surface area contributed by atoms with Gasteiger partial charge in [-0.2, -0.15) is 0 Å². The Morgan fingerprint density at radius 2 is 0.632 bits per heavy atom. The fourth-order valence-electron chi connectivity index (χ4n) is 7.82. The number of hydrogen-bond donors (Lipinski definition) is 0. The molecule has 4 unspecified atom stereocenters. The van der Waals surface area contributed by atoms with Crippen LogP contribution in [0.15, 0.2) is 37.0 Å². The van der Waals surface area contributed by atoms with E-state index < -0.39 is 48.0 Å². The number of carbonyl (C=O) groups excluding carboxylic acids is 7. The first-order valence-electron chi connectivity index (χ1n) is 34.6. The van der Waals surface area contributed by atoms with Crippen molar-refractivity contribution in [1.29, 1.82) is 0 Å². The van der Waals surface area contributed by atoms with E-state index in [0.717, 1.165) is 141 Å². The van der Waals surface area contributed by atoms with Gasteiger partial charge in [0.2, 0.25) is 0 Å². The lowest BCUT2D eigenvalue weighted by atomic mass is 10.0. The van der Waals surface area contributed by atoms with E-state index >= 15 is 0 Å². The summed E-state index contributed by atoms with van der Waals surface area (Å²) in [4.78, 5) is 91.7. The molecule has 512 valence electrons. The molecule has 0 heterocycles. The van der Waals surface area contributed by atoms with Crippen molar-refractivity contribution in [3.05, 3.63) is 37.0 Å². The van der Waals surface area contributed by atoms with Gasteiger partial charge in [-0.15, -0.1) is 6.58 Å². The summed E-state index contributed by atoms with van der Waals surface area (Å²) in [6.45, 7) is 33.1. The first kappa shape index (κ1) is 91.4. The van der Waals surface area contributed by atoms with Gasteiger partial charge in [0.15, 0.2) is 0 Å². The molecule has 0 aromatic rings. The van der Waals surface area contributed by atoms with Crippen molar-refractivity contribution in [3.8, 4) is 0 Å². The highest BCUT2D eigenvalue weighted by molar-refractivity contribution is 5.79. The molecule has 0 aromatic heterocycles. The second kappa shape index (κ2) is 72.4. The Morgan fingerprint density at radius 1 is 0.368 bits per heavy atom. The predicted octanol–water partition coefficient (Wildman–Crippen LogP) is 17.6. The Labute approximate surface area is 534 Å². The van der Waals surface area contributed by atoms with Crippen LogP contribution in [-0.4, -0.2) is 129 Å². The second-order valence-corrected chi connectivity index (χ2v) is 22.8. The maximum atomic E-state index is 13.6. The topological polar surface area (TPSA) is 181 Å². The van der Waals surface area contributed by atoms with E-state index in [1.54, 1.807) is 25.2 Å². The lowest BCUT2D eigenvalue weighted by Gasteiger charge is -2.23. The number of hydrogen-bond acceptors (Lipinski definition) is 15. The van der Waals surface area contributed by atoms with Crippen LogP contribution in [0.25, 0.3) is 0 Å². The molecular formula is C72H136N2O13. The number of nitrogens with zero attached hydrogens (tertiary/aromatic N) is 2. The molecule has 15 nitrogen and oxygen atoms in total. The SMILES string of the molecule is C/C=C\C.C=CC.CCC(C)C(C)=O.CCCC.CCCCCCCCOC(=O)CN(CC(=O)OCCCCCCCC)CC(=O)OC(/C=C\C(CC(C)CC)OC(=O)CN(CC(=O)OCCCCCCCC)CC(=O)OCCCCCCCC)CC. The molecule has 0 amide bonds. The third kappa shape index (κ3) is 72.3. The molecule has 0 aliphatic carbocycles. The zero-order valence-corrected chi connectivity index (χ0v) is 58.9. The molecule has 0 fully saturated rings. The number of allylic oxidation sites excluding steroid dienone is 3. The van der Waals surface area contributed by atoms with Crippen molar-refractivity contribution in [2.45, 2.75) is 309 Å². The Balaban J connectivity index is -0.00000108. The molecule has 4 atom stereocenters. The highest BCUT2D eigenvalue weighted by Gasteiger charge is 2.25. The Hall–Kier alpha value is -4.37. The van der Waals surface area contributed by atoms with Gasteiger partial charge in [0, 0.05) is 5.92 Å². The molecule has 0 bridgehead atoms. The summed E-state index contributed by atoms with van der Waals surface area (Å²) in [5.74, 6) is -2.66. The molecular weight excluding hydrogens is 1100 g/mol.